The van der Waals surface area contributed by atoms with Crippen molar-refractivity contribution in [2.24, 2.45) is 0 Å². The molecule has 100 valence electrons. The number of carbonyl (C=O) groups excluding carboxylic acids is 1. The molecule has 0 unspecified atom stereocenters. The summed E-state index contributed by atoms with van der Waals surface area (Å²) in [4.78, 5) is 11.7. The van der Waals surface area contributed by atoms with Crippen LogP contribution in [0.25, 0.3) is 5.69 Å². The van der Waals surface area contributed by atoms with Gasteiger partial charge in [-0.3, -0.25) is 0 Å². The van der Waals surface area contributed by atoms with E-state index in [1.165, 1.54) is 26.0 Å². The molecule has 0 amide bonds. The molecule has 0 atom stereocenters. The van der Waals surface area contributed by atoms with E-state index in [0.717, 1.165) is 10.7 Å². The number of methoxy groups -OCH3 is 2. The topological polar surface area (TPSA) is 66.2 Å². The predicted molar refractivity (Wildman–Crippen MR) is 71.0 cm³/mol. The van der Waals surface area contributed by atoms with Gasteiger partial charge in [0.1, 0.15) is 16.3 Å². The van der Waals surface area contributed by atoms with Gasteiger partial charge in [0, 0.05) is 0 Å². The third-order valence-corrected chi connectivity index (χ3v) is 3.26. The molecule has 1 heterocycles. The average molecular weight is 279 g/mol. The van der Waals surface area contributed by atoms with E-state index in [1.807, 2.05) is 6.26 Å². The molecule has 2 aromatic rings. The van der Waals surface area contributed by atoms with Crippen LogP contribution in [0.2, 0.25) is 0 Å². The Morgan fingerprint density at radius 2 is 2.16 bits per heavy atom. The number of carbonyl (C=O) groups is 1. The van der Waals surface area contributed by atoms with Crippen LogP contribution in [0.3, 0.4) is 0 Å². The molecule has 1 aromatic heterocycles. The fourth-order valence-corrected chi connectivity index (χ4v) is 2.11. The summed E-state index contributed by atoms with van der Waals surface area (Å²) in [5.41, 5.74) is 1.08. The van der Waals surface area contributed by atoms with Gasteiger partial charge in [0.05, 0.1) is 26.1 Å². The summed E-state index contributed by atoms with van der Waals surface area (Å²) in [6, 6.07) is 5.17. The smallest absolute Gasteiger partial charge is 0.341 e. The van der Waals surface area contributed by atoms with Crippen molar-refractivity contribution in [3.63, 3.8) is 0 Å². The van der Waals surface area contributed by atoms with Gasteiger partial charge in [-0.05, 0) is 24.5 Å². The molecule has 0 aliphatic heterocycles. The fourth-order valence-electron chi connectivity index (χ4n) is 1.64. The van der Waals surface area contributed by atoms with Gasteiger partial charge in [0.25, 0.3) is 0 Å². The lowest BCUT2D eigenvalue weighted by Gasteiger charge is -2.10. The zero-order chi connectivity index (χ0) is 13.8. The Labute approximate surface area is 114 Å². The molecule has 0 aliphatic carbocycles. The van der Waals surface area contributed by atoms with Gasteiger partial charge >= 0.3 is 5.97 Å². The molecule has 0 radical (unpaired) electrons. The van der Waals surface area contributed by atoms with E-state index in [-0.39, 0.29) is 0 Å². The van der Waals surface area contributed by atoms with Crippen LogP contribution < -0.4 is 4.74 Å². The standard InChI is InChI=1S/C12H13N3O3S/c1-17-10-5-4-8(6-9(10)12(16)18-2)15-11(19-3)7-13-14-15/h4-7H,1-3H3. The summed E-state index contributed by atoms with van der Waals surface area (Å²) in [7, 11) is 2.83. The van der Waals surface area contributed by atoms with Gasteiger partial charge < -0.3 is 9.47 Å². The van der Waals surface area contributed by atoms with Crippen molar-refractivity contribution < 1.29 is 14.3 Å². The Bertz CT molecular complexity index is 598. The van der Waals surface area contributed by atoms with Crippen LogP contribution in [-0.2, 0) is 4.74 Å². The Morgan fingerprint density at radius 3 is 2.79 bits per heavy atom. The maximum absolute atomic E-state index is 11.7. The second kappa shape index (κ2) is 5.75. The molecule has 0 spiro atoms. The lowest BCUT2D eigenvalue weighted by atomic mass is 10.2. The number of hydrogen-bond donors (Lipinski definition) is 0. The molecule has 19 heavy (non-hydrogen) atoms. The highest BCUT2D eigenvalue weighted by Crippen LogP contribution is 2.24. The van der Waals surface area contributed by atoms with Crippen molar-refractivity contribution in [3.8, 4) is 11.4 Å². The monoisotopic (exact) mass is 279 g/mol. The van der Waals surface area contributed by atoms with E-state index in [9.17, 15) is 4.79 Å². The molecule has 0 aliphatic rings. The molecule has 0 saturated heterocycles. The van der Waals surface area contributed by atoms with Crippen LogP contribution in [0.5, 0.6) is 5.75 Å². The summed E-state index contributed by atoms with van der Waals surface area (Å²) >= 11 is 1.52. The van der Waals surface area contributed by atoms with Crippen molar-refractivity contribution in [1.29, 1.82) is 0 Å². The Kier molecular flexibility index (Phi) is 4.06. The van der Waals surface area contributed by atoms with Gasteiger partial charge in [-0.25, -0.2) is 9.48 Å². The first-order chi connectivity index (χ1) is 9.21. The molecular weight excluding hydrogens is 266 g/mol. The molecule has 2 rings (SSSR count). The summed E-state index contributed by atoms with van der Waals surface area (Å²) < 4.78 is 11.5. The third-order valence-electron chi connectivity index (χ3n) is 2.56. The second-order valence-electron chi connectivity index (χ2n) is 3.56. The van der Waals surface area contributed by atoms with Crippen molar-refractivity contribution >= 4 is 17.7 Å². The third kappa shape index (κ3) is 2.55. The van der Waals surface area contributed by atoms with Gasteiger partial charge in [-0.2, -0.15) is 0 Å². The van der Waals surface area contributed by atoms with Crippen molar-refractivity contribution in [3.05, 3.63) is 30.0 Å². The maximum Gasteiger partial charge on any atom is 0.341 e. The largest absolute Gasteiger partial charge is 0.496 e. The highest BCUT2D eigenvalue weighted by molar-refractivity contribution is 7.98. The van der Waals surface area contributed by atoms with Crippen LogP contribution in [0, 0.1) is 0 Å². The molecule has 1 aromatic carbocycles. The van der Waals surface area contributed by atoms with Crippen molar-refractivity contribution in [1.82, 2.24) is 15.0 Å². The number of hydrogen-bond acceptors (Lipinski definition) is 6. The van der Waals surface area contributed by atoms with Gasteiger partial charge in [-0.15, -0.1) is 16.9 Å². The fraction of sp³-hybridized carbons (Fsp3) is 0.250. The quantitative estimate of drug-likeness (QED) is 0.628. The number of aromatic nitrogens is 3. The summed E-state index contributed by atoms with van der Waals surface area (Å²) in [6.07, 6.45) is 3.59. The van der Waals surface area contributed by atoms with E-state index in [2.05, 4.69) is 10.3 Å². The number of esters is 1. The van der Waals surface area contributed by atoms with Crippen LogP contribution in [0.1, 0.15) is 10.4 Å². The van der Waals surface area contributed by atoms with E-state index in [0.29, 0.717) is 11.3 Å². The highest BCUT2D eigenvalue weighted by atomic mass is 32.2. The zero-order valence-corrected chi connectivity index (χ0v) is 11.6. The molecule has 0 N–H and O–H groups in total. The maximum atomic E-state index is 11.7. The Hall–Kier alpha value is -2.02. The summed E-state index contributed by atoms with van der Waals surface area (Å²) in [5, 5.41) is 8.72. The van der Waals surface area contributed by atoms with Crippen LogP contribution in [0.4, 0.5) is 0 Å². The number of ether oxygens (including phenoxy) is 2. The SMILES string of the molecule is COC(=O)c1cc(-n2nncc2SC)ccc1OC. The number of benzene rings is 1. The van der Waals surface area contributed by atoms with Crippen LogP contribution in [-0.4, -0.2) is 41.4 Å². The van der Waals surface area contributed by atoms with E-state index in [4.69, 9.17) is 9.47 Å². The first-order valence-electron chi connectivity index (χ1n) is 5.42. The number of rotatable bonds is 4. The van der Waals surface area contributed by atoms with Crippen molar-refractivity contribution in [2.75, 3.05) is 20.5 Å². The lowest BCUT2D eigenvalue weighted by Crippen LogP contribution is -2.06. The van der Waals surface area contributed by atoms with Gasteiger partial charge in [-0.1, -0.05) is 5.21 Å². The zero-order valence-electron chi connectivity index (χ0n) is 10.8. The number of nitrogens with zero attached hydrogens (tertiary/aromatic N) is 3. The molecule has 0 saturated carbocycles. The van der Waals surface area contributed by atoms with Crippen LogP contribution >= 0.6 is 11.8 Å². The minimum absolute atomic E-state index is 0.352. The van der Waals surface area contributed by atoms with E-state index in [1.54, 1.807) is 29.1 Å². The minimum Gasteiger partial charge on any atom is -0.496 e. The Morgan fingerprint density at radius 1 is 1.37 bits per heavy atom. The van der Waals surface area contributed by atoms with Gasteiger partial charge in [0.15, 0.2) is 0 Å². The van der Waals surface area contributed by atoms with Crippen molar-refractivity contribution in [2.45, 2.75) is 5.03 Å². The lowest BCUT2D eigenvalue weighted by molar-refractivity contribution is 0.0597. The van der Waals surface area contributed by atoms with E-state index >= 15 is 0 Å². The predicted octanol–water partition coefficient (Wildman–Crippen LogP) is 1.78. The normalized spacial score (nSPS) is 10.3. The molecule has 7 heteroatoms. The summed E-state index contributed by atoms with van der Waals surface area (Å²) in [5.74, 6) is 0.00549. The second-order valence-corrected chi connectivity index (χ2v) is 4.39. The van der Waals surface area contributed by atoms with E-state index < -0.39 is 5.97 Å². The summed E-state index contributed by atoms with van der Waals surface area (Å²) in [6.45, 7) is 0. The van der Waals surface area contributed by atoms with Crippen LogP contribution in [0.15, 0.2) is 29.4 Å². The molecular formula is C12H13N3O3S. The average Bonchev–Trinajstić information content (AvgIpc) is 2.94. The molecule has 0 fully saturated rings. The first-order valence-corrected chi connectivity index (χ1v) is 6.65. The molecule has 0 bridgehead atoms. The molecule has 6 nitrogen and oxygen atoms in total. The Balaban J connectivity index is 2.52. The highest BCUT2D eigenvalue weighted by Gasteiger charge is 2.15. The first kappa shape index (κ1) is 13.4. The number of thioether (sulfide) groups is 1. The minimum atomic E-state index is -0.454. The van der Waals surface area contributed by atoms with Gasteiger partial charge in [0.2, 0.25) is 0 Å².